The molecule has 2 aliphatic rings. The van der Waals surface area contributed by atoms with Gasteiger partial charge in [-0.2, -0.15) is 0 Å². The van der Waals surface area contributed by atoms with Gasteiger partial charge < -0.3 is 4.74 Å². The van der Waals surface area contributed by atoms with E-state index >= 15 is 0 Å². The lowest BCUT2D eigenvalue weighted by Crippen LogP contribution is -2.32. The molecule has 0 fully saturated rings. The Morgan fingerprint density at radius 3 is 1.29 bits per heavy atom. The van der Waals surface area contributed by atoms with Crippen LogP contribution in [0.15, 0.2) is 200 Å². The molecule has 262 valence electrons. The first-order chi connectivity index (χ1) is 27.7. The lowest BCUT2D eigenvalue weighted by molar-refractivity contribution is 0.436. The average Bonchev–Trinajstić information content (AvgIpc) is 3.56. The van der Waals surface area contributed by atoms with Crippen molar-refractivity contribution >= 4 is 0 Å². The molecule has 4 nitrogen and oxygen atoms in total. The molecule has 11 rings (SSSR count). The first kappa shape index (κ1) is 32.0. The van der Waals surface area contributed by atoms with Crippen molar-refractivity contribution in [2.45, 2.75) is 5.41 Å². The molecule has 8 aromatic carbocycles. The Hall–Kier alpha value is -7.43. The number of hydrogen-bond acceptors (Lipinski definition) is 4. The molecule has 0 atom stereocenters. The highest BCUT2D eigenvalue weighted by Gasteiger charge is 2.51. The molecule has 0 radical (unpaired) electrons. The molecule has 0 saturated carbocycles. The van der Waals surface area contributed by atoms with E-state index < -0.39 is 5.41 Å². The van der Waals surface area contributed by atoms with Crippen molar-refractivity contribution in [1.29, 1.82) is 0 Å². The number of ether oxygens (including phenoxy) is 1. The van der Waals surface area contributed by atoms with Crippen LogP contribution >= 0.6 is 0 Å². The Labute approximate surface area is 325 Å². The highest BCUT2D eigenvalue weighted by Crippen LogP contribution is 2.62. The maximum atomic E-state index is 6.65. The Bertz CT molecular complexity index is 2820. The van der Waals surface area contributed by atoms with Crippen LogP contribution in [0.5, 0.6) is 11.5 Å². The summed E-state index contributed by atoms with van der Waals surface area (Å²) in [4.78, 5) is 15.2. The SMILES string of the molecule is c1ccc(-c2ccc(-c3ccc4c(c3)-c3ccc(-c5nc(-c6ccccc6)nc(-c6ccccc6)n5)cc3C43c4ccccc4Oc4ccccc43)cc2)cc1. The van der Waals surface area contributed by atoms with E-state index in [4.69, 9.17) is 19.7 Å². The van der Waals surface area contributed by atoms with Gasteiger partial charge in [0.2, 0.25) is 0 Å². The van der Waals surface area contributed by atoms with Gasteiger partial charge in [0, 0.05) is 27.8 Å². The van der Waals surface area contributed by atoms with Gasteiger partial charge in [-0.05, 0) is 68.8 Å². The van der Waals surface area contributed by atoms with E-state index in [1.54, 1.807) is 0 Å². The lowest BCUT2D eigenvalue weighted by atomic mass is 9.66. The molecule has 2 heterocycles. The van der Waals surface area contributed by atoms with Crippen molar-refractivity contribution in [1.82, 2.24) is 15.0 Å². The molecule has 0 saturated heterocycles. The first-order valence-electron chi connectivity index (χ1n) is 18.9. The molecule has 0 N–H and O–H groups in total. The number of nitrogens with zero attached hydrogens (tertiary/aromatic N) is 3. The van der Waals surface area contributed by atoms with Crippen molar-refractivity contribution in [3.05, 3.63) is 222 Å². The fourth-order valence-corrected chi connectivity index (χ4v) is 8.65. The minimum absolute atomic E-state index is 0.624. The summed E-state index contributed by atoms with van der Waals surface area (Å²) < 4.78 is 6.65. The third-order valence-electron chi connectivity index (χ3n) is 11.2. The summed E-state index contributed by atoms with van der Waals surface area (Å²) in [6, 6.07) is 70.3. The first-order valence-corrected chi connectivity index (χ1v) is 18.9. The second-order valence-electron chi connectivity index (χ2n) is 14.3. The molecular weight excluding hydrogens is 683 g/mol. The van der Waals surface area contributed by atoms with Crippen molar-refractivity contribution in [3.63, 3.8) is 0 Å². The van der Waals surface area contributed by atoms with Crippen molar-refractivity contribution < 1.29 is 4.74 Å². The van der Waals surface area contributed by atoms with Crippen LogP contribution in [0.25, 0.3) is 67.5 Å². The number of aromatic nitrogens is 3. The third kappa shape index (κ3) is 5.04. The molecule has 0 bridgehead atoms. The minimum Gasteiger partial charge on any atom is -0.457 e. The summed E-state index contributed by atoms with van der Waals surface area (Å²) >= 11 is 0. The van der Waals surface area contributed by atoms with E-state index in [0.717, 1.165) is 39.3 Å². The Morgan fingerprint density at radius 1 is 0.286 bits per heavy atom. The molecule has 4 heteroatoms. The van der Waals surface area contributed by atoms with Crippen LogP contribution in [-0.4, -0.2) is 15.0 Å². The molecule has 0 unspecified atom stereocenters. The standard InChI is InChI=1S/C52H33N3O/c1-4-14-34(15-5-1)35-24-26-36(27-25-35)39-29-31-43-42(32-39)41-30-28-40(33-46(41)52(43)44-20-10-12-22-47(44)56-48-23-13-11-21-45(48)52)51-54-49(37-16-6-2-7-17-37)53-50(55-51)38-18-8-3-9-19-38/h1-33H. The Kier molecular flexibility index (Phi) is 7.36. The highest BCUT2D eigenvalue weighted by molar-refractivity contribution is 5.92. The van der Waals surface area contributed by atoms with Gasteiger partial charge in [0.1, 0.15) is 11.5 Å². The molecule has 1 aromatic heterocycles. The molecule has 1 spiro atoms. The largest absolute Gasteiger partial charge is 0.457 e. The summed E-state index contributed by atoms with van der Waals surface area (Å²) in [6.07, 6.45) is 0. The van der Waals surface area contributed by atoms with Gasteiger partial charge in [-0.15, -0.1) is 0 Å². The van der Waals surface area contributed by atoms with Gasteiger partial charge >= 0.3 is 0 Å². The predicted molar refractivity (Wildman–Crippen MR) is 224 cm³/mol. The summed E-state index contributed by atoms with van der Waals surface area (Å²) in [5.41, 5.74) is 13.9. The normalized spacial score (nSPS) is 12.9. The fraction of sp³-hybridized carbons (Fsp3) is 0.0192. The van der Waals surface area contributed by atoms with E-state index in [-0.39, 0.29) is 0 Å². The van der Waals surface area contributed by atoms with Gasteiger partial charge in [0.15, 0.2) is 17.5 Å². The van der Waals surface area contributed by atoms with Crippen LogP contribution in [0.1, 0.15) is 22.3 Å². The van der Waals surface area contributed by atoms with Crippen molar-refractivity contribution in [2.75, 3.05) is 0 Å². The average molecular weight is 716 g/mol. The van der Waals surface area contributed by atoms with Gasteiger partial charge in [-0.1, -0.05) is 176 Å². The van der Waals surface area contributed by atoms with Gasteiger partial charge in [0.25, 0.3) is 0 Å². The summed E-state index contributed by atoms with van der Waals surface area (Å²) in [7, 11) is 0. The topological polar surface area (TPSA) is 47.9 Å². The highest BCUT2D eigenvalue weighted by atomic mass is 16.5. The summed E-state index contributed by atoms with van der Waals surface area (Å²) in [5.74, 6) is 3.61. The molecular formula is C52H33N3O. The van der Waals surface area contributed by atoms with E-state index in [1.165, 1.54) is 44.5 Å². The molecule has 1 aliphatic carbocycles. The Morgan fingerprint density at radius 2 is 0.714 bits per heavy atom. The third-order valence-corrected chi connectivity index (χ3v) is 11.2. The molecule has 9 aromatic rings. The zero-order chi connectivity index (χ0) is 37.1. The van der Waals surface area contributed by atoms with Gasteiger partial charge in [-0.3, -0.25) is 0 Å². The van der Waals surface area contributed by atoms with Crippen LogP contribution in [0.4, 0.5) is 0 Å². The van der Waals surface area contributed by atoms with E-state index in [0.29, 0.717) is 17.5 Å². The maximum Gasteiger partial charge on any atom is 0.164 e. The van der Waals surface area contributed by atoms with Gasteiger partial charge in [0.05, 0.1) is 5.41 Å². The molecule has 1 aliphatic heterocycles. The maximum absolute atomic E-state index is 6.65. The summed E-state index contributed by atoms with van der Waals surface area (Å²) in [6.45, 7) is 0. The van der Waals surface area contributed by atoms with Crippen LogP contribution < -0.4 is 4.74 Å². The van der Waals surface area contributed by atoms with Crippen LogP contribution in [-0.2, 0) is 5.41 Å². The number of benzene rings is 8. The van der Waals surface area contributed by atoms with Gasteiger partial charge in [-0.25, -0.2) is 15.0 Å². The second kappa shape index (κ2) is 12.9. The number of hydrogen-bond donors (Lipinski definition) is 0. The zero-order valence-corrected chi connectivity index (χ0v) is 30.3. The summed E-state index contributed by atoms with van der Waals surface area (Å²) in [5, 5.41) is 0. The van der Waals surface area contributed by atoms with Crippen molar-refractivity contribution in [3.8, 4) is 79.0 Å². The van der Waals surface area contributed by atoms with Crippen LogP contribution in [0.2, 0.25) is 0 Å². The quantitative estimate of drug-likeness (QED) is 0.178. The smallest absolute Gasteiger partial charge is 0.164 e. The molecule has 0 amide bonds. The Balaban J connectivity index is 1.14. The number of fused-ring (bicyclic) bond motifs is 9. The van der Waals surface area contributed by atoms with E-state index in [2.05, 4.69) is 140 Å². The number of para-hydroxylation sites is 2. The second-order valence-corrected chi connectivity index (χ2v) is 14.3. The molecule has 56 heavy (non-hydrogen) atoms. The van der Waals surface area contributed by atoms with Crippen molar-refractivity contribution in [2.24, 2.45) is 0 Å². The zero-order valence-electron chi connectivity index (χ0n) is 30.3. The van der Waals surface area contributed by atoms with Crippen LogP contribution in [0.3, 0.4) is 0 Å². The van der Waals surface area contributed by atoms with Crippen LogP contribution in [0, 0.1) is 0 Å². The van der Waals surface area contributed by atoms with E-state index in [9.17, 15) is 0 Å². The predicted octanol–water partition coefficient (Wildman–Crippen LogP) is 12.7. The minimum atomic E-state index is -0.640. The fourth-order valence-electron chi connectivity index (χ4n) is 8.65. The van der Waals surface area contributed by atoms with E-state index in [1.807, 2.05) is 60.7 Å². The lowest BCUT2D eigenvalue weighted by Gasteiger charge is -2.39. The number of rotatable bonds is 5. The monoisotopic (exact) mass is 715 g/mol.